The molecule has 0 saturated carbocycles. The molecule has 178 valence electrons. The van der Waals surface area contributed by atoms with E-state index in [2.05, 4.69) is 0 Å². The van der Waals surface area contributed by atoms with E-state index in [1.165, 1.54) is 12.2 Å². The number of hydrogen-bond donors (Lipinski definition) is 0. The van der Waals surface area contributed by atoms with E-state index in [0.717, 1.165) is 22.6 Å². The Balaban J connectivity index is 1.26. The van der Waals surface area contributed by atoms with Gasteiger partial charge in [0.25, 0.3) is 0 Å². The van der Waals surface area contributed by atoms with Crippen LogP contribution in [0.15, 0.2) is 60.7 Å². The molecule has 2 fully saturated rings. The lowest BCUT2D eigenvalue weighted by Crippen LogP contribution is -2.35. The van der Waals surface area contributed by atoms with E-state index in [1.807, 2.05) is 24.3 Å². The molecule has 4 rings (SSSR count). The summed E-state index contributed by atoms with van der Waals surface area (Å²) in [5.41, 5.74) is 1.68. The van der Waals surface area contributed by atoms with Gasteiger partial charge in [0, 0.05) is 12.2 Å². The molecule has 0 radical (unpaired) electrons. The summed E-state index contributed by atoms with van der Waals surface area (Å²) in [7, 11) is 3.18. The molecule has 0 unspecified atom stereocenters. The highest BCUT2D eigenvalue weighted by molar-refractivity contribution is 5.87. The summed E-state index contributed by atoms with van der Waals surface area (Å²) in [4.78, 5) is 24.5. The minimum absolute atomic E-state index is 0.174. The second kappa shape index (κ2) is 11.0. The maximum atomic E-state index is 12.3. The van der Waals surface area contributed by atoms with Crippen LogP contribution in [0.2, 0.25) is 0 Å². The Morgan fingerprint density at radius 1 is 0.706 bits per heavy atom. The third-order valence-corrected chi connectivity index (χ3v) is 5.55. The highest BCUT2D eigenvalue weighted by Crippen LogP contribution is 2.31. The van der Waals surface area contributed by atoms with Gasteiger partial charge >= 0.3 is 11.9 Å². The minimum atomic E-state index is -0.573. The molecular formula is C26H26O8. The fraction of sp³-hybridized carbons (Fsp3) is 0.308. The average molecular weight is 466 g/mol. The second-order valence-corrected chi connectivity index (χ2v) is 7.76. The maximum absolute atomic E-state index is 12.3. The average Bonchev–Trinajstić information content (AvgIpc) is 3.45. The summed E-state index contributed by atoms with van der Waals surface area (Å²) >= 11 is 0. The molecular weight excluding hydrogens is 440 g/mol. The molecule has 0 aromatic heterocycles. The number of carbonyl (C=O) groups is 2. The van der Waals surface area contributed by atoms with Gasteiger partial charge in [0.2, 0.25) is 0 Å². The first-order chi connectivity index (χ1) is 16.6. The predicted molar refractivity (Wildman–Crippen MR) is 123 cm³/mol. The number of carbonyl (C=O) groups excluding carboxylic acids is 2. The number of fused-ring (bicyclic) bond motifs is 1. The van der Waals surface area contributed by atoms with Crippen molar-refractivity contribution < 1.29 is 38.0 Å². The van der Waals surface area contributed by atoms with E-state index in [0.29, 0.717) is 0 Å². The molecule has 2 aromatic rings. The Hall–Kier alpha value is -3.62. The van der Waals surface area contributed by atoms with Crippen molar-refractivity contribution in [3.8, 4) is 11.5 Å². The van der Waals surface area contributed by atoms with E-state index >= 15 is 0 Å². The van der Waals surface area contributed by atoms with Gasteiger partial charge in [0.1, 0.15) is 23.7 Å². The van der Waals surface area contributed by atoms with Crippen LogP contribution in [0.1, 0.15) is 11.1 Å². The van der Waals surface area contributed by atoms with Crippen LogP contribution in [0.3, 0.4) is 0 Å². The van der Waals surface area contributed by atoms with Crippen LogP contribution in [0.5, 0.6) is 11.5 Å². The van der Waals surface area contributed by atoms with Crippen LogP contribution in [-0.2, 0) is 28.5 Å². The fourth-order valence-electron chi connectivity index (χ4n) is 3.77. The van der Waals surface area contributed by atoms with E-state index in [1.54, 1.807) is 50.6 Å². The molecule has 2 heterocycles. The van der Waals surface area contributed by atoms with E-state index in [-0.39, 0.29) is 13.2 Å². The highest BCUT2D eigenvalue weighted by Gasteiger charge is 2.50. The van der Waals surface area contributed by atoms with Crippen LogP contribution in [0.4, 0.5) is 0 Å². The first-order valence-electron chi connectivity index (χ1n) is 10.8. The number of methoxy groups -OCH3 is 2. The van der Waals surface area contributed by atoms with Gasteiger partial charge in [-0.05, 0) is 47.5 Å². The van der Waals surface area contributed by atoms with Crippen molar-refractivity contribution in [2.75, 3.05) is 27.4 Å². The summed E-state index contributed by atoms with van der Waals surface area (Å²) in [6.07, 6.45) is 3.91. The van der Waals surface area contributed by atoms with E-state index in [4.69, 9.17) is 28.4 Å². The van der Waals surface area contributed by atoms with Crippen molar-refractivity contribution >= 4 is 24.1 Å². The second-order valence-electron chi connectivity index (χ2n) is 7.76. The summed E-state index contributed by atoms with van der Waals surface area (Å²) in [5, 5.41) is 0. The Morgan fingerprint density at radius 2 is 1.09 bits per heavy atom. The summed E-state index contributed by atoms with van der Waals surface area (Å²) < 4.78 is 32.7. The van der Waals surface area contributed by atoms with Gasteiger partial charge < -0.3 is 28.4 Å². The number of ether oxygens (including phenoxy) is 6. The zero-order valence-corrected chi connectivity index (χ0v) is 18.9. The molecule has 0 amide bonds. The van der Waals surface area contributed by atoms with Crippen LogP contribution >= 0.6 is 0 Å². The Bertz CT molecular complexity index is 956. The molecule has 0 bridgehead atoms. The summed E-state index contributed by atoms with van der Waals surface area (Å²) in [6.45, 7) is 0.348. The fourth-order valence-corrected chi connectivity index (χ4v) is 3.77. The topological polar surface area (TPSA) is 89.5 Å². The summed E-state index contributed by atoms with van der Waals surface area (Å²) in [6, 6.07) is 14.6. The van der Waals surface area contributed by atoms with E-state index in [9.17, 15) is 9.59 Å². The predicted octanol–water partition coefficient (Wildman–Crippen LogP) is 3.05. The standard InChI is InChI=1S/C26H26O8/c1-29-19-9-3-17(4-10-19)7-13-23(27)33-21-15-31-26-22(16-32-25(21)26)34-24(28)14-8-18-5-11-20(30-2)12-6-18/h3-14,21-22,25-26H,15-16H2,1-2H3/b13-7+,14-8+/t21-,22+,25-,26-/m1/s1. The molecule has 0 spiro atoms. The molecule has 2 aliphatic rings. The Morgan fingerprint density at radius 3 is 1.44 bits per heavy atom. The van der Waals surface area contributed by atoms with Crippen LogP contribution in [0.25, 0.3) is 12.2 Å². The third kappa shape index (κ3) is 5.84. The first kappa shape index (κ1) is 23.5. The largest absolute Gasteiger partial charge is 0.497 e. The van der Waals surface area contributed by atoms with Gasteiger partial charge in [0.05, 0.1) is 27.4 Å². The summed E-state index contributed by atoms with van der Waals surface area (Å²) in [5.74, 6) is 0.463. The van der Waals surface area contributed by atoms with Crippen LogP contribution in [0, 0.1) is 0 Å². The highest BCUT2D eigenvalue weighted by atomic mass is 16.7. The third-order valence-electron chi connectivity index (χ3n) is 5.55. The van der Waals surface area contributed by atoms with Crippen molar-refractivity contribution in [1.82, 2.24) is 0 Å². The van der Waals surface area contributed by atoms with Crippen LogP contribution in [-0.4, -0.2) is 63.8 Å². The lowest BCUT2D eigenvalue weighted by molar-refractivity contribution is -0.149. The van der Waals surface area contributed by atoms with E-state index < -0.39 is 36.4 Å². The first-order valence-corrected chi connectivity index (χ1v) is 10.8. The molecule has 2 aliphatic heterocycles. The zero-order valence-electron chi connectivity index (χ0n) is 18.9. The SMILES string of the molecule is COc1ccc(/C=C/C(=O)O[C@H]2CO[C@H]3[C@@H]2OC[C@H]3OC(=O)/C=C/c2ccc(OC)cc2)cc1. The monoisotopic (exact) mass is 466 g/mol. The van der Waals surface area contributed by atoms with Crippen molar-refractivity contribution in [3.63, 3.8) is 0 Å². The molecule has 0 aliphatic carbocycles. The molecule has 34 heavy (non-hydrogen) atoms. The van der Waals surface area contributed by atoms with Crippen molar-refractivity contribution in [3.05, 3.63) is 71.8 Å². The van der Waals surface area contributed by atoms with Crippen LogP contribution < -0.4 is 9.47 Å². The van der Waals surface area contributed by atoms with Gasteiger partial charge in [-0.3, -0.25) is 0 Å². The lowest BCUT2D eigenvalue weighted by Gasteiger charge is -2.16. The van der Waals surface area contributed by atoms with Gasteiger partial charge in [-0.2, -0.15) is 0 Å². The number of hydrogen-bond acceptors (Lipinski definition) is 8. The van der Waals surface area contributed by atoms with Gasteiger partial charge in [0.15, 0.2) is 12.2 Å². The molecule has 0 N–H and O–H groups in total. The van der Waals surface area contributed by atoms with Crippen molar-refractivity contribution in [2.24, 2.45) is 0 Å². The molecule has 8 heteroatoms. The van der Waals surface area contributed by atoms with Crippen molar-refractivity contribution in [2.45, 2.75) is 24.4 Å². The van der Waals surface area contributed by atoms with Gasteiger partial charge in [-0.25, -0.2) is 9.59 Å². The molecule has 4 atom stereocenters. The molecule has 2 saturated heterocycles. The number of benzene rings is 2. The maximum Gasteiger partial charge on any atom is 0.331 e. The van der Waals surface area contributed by atoms with Crippen molar-refractivity contribution in [1.29, 1.82) is 0 Å². The Kier molecular flexibility index (Phi) is 7.61. The Labute approximate surface area is 197 Å². The number of rotatable bonds is 8. The molecule has 2 aromatic carbocycles. The zero-order chi connectivity index (χ0) is 23.9. The quantitative estimate of drug-likeness (QED) is 0.433. The van der Waals surface area contributed by atoms with Gasteiger partial charge in [-0.15, -0.1) is 0 Å². The lowest BCUT2D eigenvalue weighted by atomic mass is 10.1. The minimum Gasteiger partial charge on any atom is -0.497 e. The smallest absolute Gasteiger partial charge is 0.331 e. The molecule has 8 nitrogen and oxygen atoms in total. The normalized spacial score (nSPS) is 23.7. The van der Waals surface area contributed by atoms with Gasteiger partial charge in [-0.1, -0.05) is 24.3 Å². The number of esters is 2.